The molecule has 1 N–H and O–H groups in total. The molecule has 1 heterocycles. The summed E-state index contributed by atoms with van der Waals surface area (Å²) in [6.07, 6.45) is 9.91. The van der Waals surface area contributed by atoms with Crippen LogP contribution in [0, 0.1) is 5.92 Å². The molecule has 3 rings (SSSR count). The fraction of sp³-hybridized carbons (Fsp3) is 0.619. The maximum absolute atomic E-state index is 13.1. The number of benzene rings is 1. The molecular weight excluding hydrogens is 326 g/mol. The number of nitrogens with one attached hydrogen (secondary N) is 1. The number of hydrogen-bond acceptors (Lipinski definition) is 4. The number of amides is 1. The second-order valence-electron chi connectivity index (χ2n) is 7.42. The molecule has 1 unspecified atom stereocenters. The third-order valence-corrected chi connectivity index (χ3v) is 5.66. The lowest BCUT2D eigenvalue weighted by Gasteiger charge is -2.33. The van der Waals surface area contributed by atoms with Gasteiger partial charge in [0.05, 0.1) is 18.3 Å². The third-order valence-electron chi connectivity index (χ3n) is 5.66. The Labute approximate surface area is 156 Å². The Kier molecular flexibility index (Phi) is 7.06. The Balaban J connectivity index is 1.54. The summed E-state index contributed by atoms with van der Waals surface area (Å²) in [5.41, 5.74) is 1.09. The van der Waals surface area contributed by atoms with Crippen LogP contribution in [-0.2, 0) is 16.2 Å². The molecule has 1 aliphatic heterocycles. The van der Waals surface area contributed by atoms with Crippen LogP contribution in [-0.4, -0.2) is 42.7 Å². The fourth-order valence-corrected chi connectivity index (χ4v) is 4.23. The van der Waals surface area contributed by atoms with Gasteiger partial charge in [0.25, 0.3) is 0 Å². The zero-order chi connectivity index (χ0) is 18.2. The Bertz CT molecular complexity index is 584. The van der Waals surface area contributed by atoms with Crippen LogP contribution in [0.4, 0.5) is 0 Å². The highest BCUT2D eigenvalue weighted by atomic mass is 16.6. The van der Waals surface area contributed by atoms with Gasteiger partial charge < -0.3 is 15.1 Å². The molecular formula is C21H31N3O2. The number of carbonyl (C=O) groups is 1. The summed E-state index contributed by atoms with van der Waals surface area (Å²) in [6, 6.07) is 9.99. The van der Waals surface area contributed by atoms with E-state index < -0.39 is 0 Å². The van der Waals surface area contributed by atoms with Crippen molar-refractivity contribution in [1.82, 2.24) is 10.2 Å². The second-order valence-corrected chi connectivity index (χ2v) is 7.42. The zero-order valence-corrected chi connectivity index (χ0v) is 15.8. The number of rotatable bonds is 7. The van der Waals surface area contributed by atoms with Crippen molar-refractivity contribution in [3.8, 4) is 0 Å². The van der Waals surface area contributed by atoms with Crippen LogP contribution >= 0.6 is 0 Å². The van der Waals surface area contributed by atoms with Gasteiger partial charge in [0.2, 0.25) is 5.91 Å². The first-order valence-electron chi connectivity index (χ1n) is 9.96. The molecule has 1 saturated carbocycles. The lowest BCUT2D eigenvalue weighted by molar-refractivity contribution is -0.134. The number of likely N-dealkylation sites (N-methyl/N-ethyl adjacent to an activating group) is 1. The molecule has 5 heteroatoms. The molecule has 142 valence electrons. The molecule has 2 aliphatic rings. The number of oxime groups is 1. The third kappa shape index (κ3) is 4.85. The predicted octanol–water partition coefficient (Wildman–Crippen LogP) is 3.35. The minimum absolute atomic E-state index is 0.0534. The largest absolute Gasteiger partial charge is 0.391 e. The van der Waals surface area contributed by atoms with Gasteiger partial charge in [0, 0.05) is 6.54 Å². The van der Waals surface area contributed by atoms with Gasteiger partial charge in [-0.3, -0.25) is 4.79 Å². The lowest BCUT2D eigenvalue weighted by Crippen LogP contribution is -2.51. The van der Waals surface area contributed by atoms with E-state index in [1.807, 2.05) is 42.3 Å². The molecule has 1 saturated heterocycles. The van der Waals surface area contributed by atoms with E-state index in [1.165, 1.54) is 19.3 Å². The Morgan fingerprint density at radius 2 is 2.00 bits per heavy atom. The molecule has 26 heavy (non-hydrogen) atoms. The highest BCUT2D eigenvalue weighted by Gasteiger charge is 2.36. The zero-order valence-electron chi connectivity index (χ0n) is 15.8. The van der Waals surface area contributed by atoms with E-state index in [0.29, 0.717) is 12.5 Å². The molecule has 0 aromatic heterocycles. The number of hydrogen-bond donors (Lipinski definition) is 1. The molecule has 2 fully saturated rings. The summed E-state index contributed by atoms with van der Waals surface area (Å²) >= 11 is 0. The van der Waals surface area contributed by atoms with Crippen LogP contribution in [0.15, 0.2) is 35.5 Å². The van der Waals surface area contributed by atoms with E-state index in [1.54, 1.807) is 6.21 Å². The molecule has 5 nitrogen and oxygen atoms in total. The van der Waals surface area contributed by atoms with E-state index in [0.717, 1.165) is 37.8 Å². The summed E-state index contributed by atoms with van der Waals surface area (Å²) < 4.78 is 0. The quantitative estimate of drug-likeness (QED) is 0.601. The van der Waals surface area contributed by atoms with Gasteiger partial charge >= 0.3 is 0 Å². The van der Waals surface area contributed by atoms with Crippen LogP contribution in [0.3, 0.4) is 0 Å². The Morgan fingerprint density at radius 3 is 2.73 bits per heavy atom. The van der Waals surface area contributed by atoms with Gasteiger partial charge in [-0.25, -0.2) is 0 Å². The van der Waals surface area contributed by atoms with Crippen molar-refractivity contribution in [2.24, 2.45) is 11.1 Å². The minimum atomic E-state index is -0.0606. The van der Waals surface area contributed by atoms with E-state index in [2.05, 4.69) is 10.5 Å². The molecule has 0 bridgehead atoms. The number of nitrogens with zero attached hydrogens (tertiary/aromatic N) is 2. The molecule has 1 aliphatic carbocycles. The van der Waals surface area contributed by atoms with E-state index in [4.69, 9.17) is 4.84 Å². The van der Waals surface area contributed by atoms with Crippen molar-refractivity contribution in [1.29, 1.82) is 0 Å². The Morgan fingerprint density at radius 1 is 1.23 bits per heavy atom. The summed E-state index contributed by atoms with van der Waals surface area (Å²) in [5.74, 6) is 0.699. The van der Waals surface area contributed by atoms with Crippen molar-refractivity contribution >= 4 is 12.1 Å². The summed E-state index contributed by atoms with van der Waals surface area (Å²) in [7, 11) is 1.92. The van der Waals surface area contributed by atoms with Crippen LogP contribution in [0.5, 0.6) is 0 Å². The van der Waals surface area contributed by atoms with Crippen LogP contribution in [0.25, 0.3) is 0 Å². The Hall–Kier alpha value is -1.88. The van der Waals surface area contributed by atoms with Crippen molar-refractivity contribution < 1.29 is 9.63 Å². The monoisotopic (exact) mass is 357 g/mol. The van der Waals surface area contributed by atoms with Gasteiger partial charge in [-0.2, -0.15) is 0 Å². The average Bonchev–Trinajstić information content (AvgIpc) is 3.16. The van der Waals surface area contributed by atoms with E-state index in [-0.39, 0.29) is 18.0 Å². The number of carbonyl (C=O) groups excluding carboxylic acids is 1. The normalized spacial score (nSPS) is 22.7. The van der Waals surface area contributed by atoms with Gasteiger partial charge in [0.1, 0.15) is 6.61 Å². The summed E-state index contributed by atoms with van der Waals surface area (Å²) in [5, 5.41) is 7.43. The van der Waals surface area contributed by atoms with Crippen molar-refractivity contribution in [2.45, 2.75) is 63.6 Å². The highest BCUT2D eigenvalue weighted by Crippen LogP contribution is 2.28. The van der Waals surface area contributed by atoms with E-state index in [9.17, 15) is 4.79 Å². The molecule has 2 atom stereocenters. The van der Waals surface area contributed by atoms with Gasteiger partial charge in [-0.1, -0.05) is 54.8 Å². The lowest BCUT2D eigenvalue weighted by atomic mass is 9.83. The first kappa shape index (κ1) is 18.9. The van der Waals surface area contributed by atoms with Crippen molar-refractivity contribution in [3.63, 3.8) is 0 Å². The minimum Gasteiger partial charge on any atom is -0.391 e. The first-order valence-corrected chi connectivity index (χ1v) is 9.96. The van der Waals surface area contributed by atoms with Crippen LogP contribution in [0.1, 0.15) is 50.5 Å². The van der Waals surface area contributed by atoms with Crippen molar-refractivity contribution in [3.05, 3.63) is 35.9 Å². The van der Waals surface area contributed by atoms with E-state index >= 15 is 0 Å². The summed E-state index contributed by atoms with van der Waals surface area (Å²) in [4.78, 5) is 20.5. The van der Waals surface area contributed by atoms with Crippen LogP contribution < -0.4 is 5.32 Å². The molecule has 1 aromatic carbocycles. The standard InChI is InChI=1S/C21H31N3O2/c1-22-20(18-11-6-3-7-12-18)21(25)24-14-8-13-19(24)15-23-26-16-17-9-4-2-5-10-17/h2,4-5,9-10,15,18-20,22H,3,6-8,11-14,16H2,1H3/b23-15+/t19?,20-/m0/s1. The van der Waals surface area contributed by atoms with Crippen LogP contribution in [0.2, 0.25) is 0 Å². The molecule has 0 spiro atoms. The maximum atomic E-state index is 13.1. The van der Waals surface area contributed by atoms with Crippen molar-refractivity contribution in [2.75, 3.05) is 13.6 Å². The average molecular weight is 357 g/mol. The fourth-order valence-electron chi connectivity index (χ4n) is 4.23. The predicted molar refractivity (Wildman–Crippen MR) is 104 cm³/mol. The van der Waals surface area contributed by atoms with Gasteiger partial charge in [-0.15, -0.1) is 0 Å². The molecule has 0 radical (unpaired) electrons. The topological polar surface area (TPSA) is 53.9 Å². The summed E-state index contributed by atoms with van der Waals surface area (Å²) in [6.45, 7) is 1.28. The van der Waals surface area contributed by atoms with Gasteiger partial charge in [-0.05, 0) is 44.2 Å². The molecule has 1 aromatic rings. The molecule has 1 amide bonds. The smallest absolute Gasteiger partial charge is 0.240 e. The maximum Gasteiger partial charge on any atom is 0.240 e. The first-order chi connectivity index (χ1) is 12.8. The number of likely N-dealkylation sites (tertiary alicyclic amines) is 1. The van der Waals surface area contributed by atoms with Gasteiger partial charge in [0.15, 0.2) is 0 Å². The second kappa shape index (κ2) is 9.72. The SMILES string of the molecule is CN[C@H](C(=O)N1CCCC1/C=N/OCc1ccccc1)C1CCCCC1. The highest BCUT2D eigenvalue weighted by molar-refractivity contribution is 5.86.